The normalized spacial score (nSPS) is 13.4. The summed E-state index contributed by atoms with van der Waals surface area (Å²) >= 11 is 1.35. The molecule has 1 aliphatic heterocycles. The lowest BCUT2D eigenvalue weighted by atomic mass is 10.2. The van der Waals surface area contributed by atoms with Crippen LogP contribution in [-0.2, 0) is 22.6 Å². The van der Waals surface area contributed by atoms with Crippen molar-refractivity contribution in [2.24, 2.45) is 0 Å². The molecule has 2 N–H and O–H groups in total. The van der Waals surface area contributed by atoms with E-state index in [1.54, 1.807) is 22.1 Å². The monoisotopic (exact) mass is 401 g/mol. The van der Waals surface area contributed by atoms with Crippen LogP contribution < -0.4 is 15.5 Å². The van der Waals surface area contributed by atoms with E-state index in [9.17, 15) is 14.4 Å². The SMILES string of the molecule is CCN(Cc1cccc(NC(=O)Cc2csc(N3CCNC3=O)n2)c1)C(C)=O. The molecule has 3 rings (SSSR count). The van der Waals surface area contributed by atoms with E-state index in [0.717, 1.165) is 5.56 Å². The fourth-order valence-corrected chi connectivity index (χ4v) is 3.79. The highest BCUT2D eigenvalue weighted by Gasteiger charge is 2.24. The molecule has 0 saturated carbocycles. The molecule has 8 nitrogen and oxygen atoms in total. The number of nitrogens with one attached hydrogen (secondary N) is 2. The Morgan fingerprint density at radius 3 is 2.89 bits per heavy atom. The van der Waals surface area contributed by atoms with Crippen LogP contribution in [0.3, 0.4) is 0 Å². The molecule has 4 amide bonds. The number of hydrogen-bond donors (Lipinski definition) is 2. The van der Waals surface area contributed by atoms with Gasteiger partial charge in [0, 0.05) is 44.2 Å². The first-order chi connectivity index (χ1) is 13.5. The van der Waals surface area contributed by atoms with E-state index in [1.165, 1.54) is 11.3 Å². The zero-order valence-electron chi connectivity index (χ0n) is 15.9. The predicted octanol–water partition coefficient (Wildman–Crippen LogP) is 2.22. The van der Waals surface area contributed by atoms with Crippen LogP contribution in [0.15, 0.2) is 29.6 Å². The first-order valence-corrected chi connectivity index (χ1v) is 9.98. The van der Waals surface area contributed by atoms with Crippen LogP contribution >= 0.6 is 11.3 Å². The van der Waals surface area contributed by atoms with Crippen molar-refractivity contribution < 1.29 is 14.4 Å². The van der Waals surface area contributed by atoms with E-state index in [1.807, 2.05) is 31.2 Å². The second-order valence-corrected chi connectivity index (χ2v) is 7.30. The fourth-order valence-electron chi connectivity index (χ4n) is 2.94. The Kier molecular flexibility index (Phi) is 6.25. The van der Waals surface area contributed by atoms with Crippen molar-refractivity contribution in [3.63, 3.8) is 0 Å². The van der Waals surface area contributed by atoms with Gasteiger partial charge in [-0.25, -0.2) is 9.78 Å². The molecule has 9 heteroatoms. The number of nitrogens with zero attached hydrogens (tertiary/aromatic N) is 3. The third-order valence-electron chi connectivity index (χ3n) is 4.38. The molecule has 1 aromatic heterocycles. The van der Waals surface area contributed by atoms with Crippen molar-refractivity contribution >= 4 is 40.0 Å². The highest BCUT2D eigenvalue weighted by molar-refractivity contribution is 7.14. The number of urea groups is 1. The molecule has 0 aliphatic carbocycles. The topological polar surface area (TPSA) is 94.6 Å². The Hall–Kier alpha value is -2.94. The van der Waals surface area contributed by atoms with Crippen LogP contribution in [0, 0.1) is 0 Å². The van der Waals surface area contributed by atoms with Gasteiger partial charge in [-0.05, 0) is 24.6 Å². The smallest absolute Gasteiger partial charge is 0.323 e. The quantitative estimate of drug-likeness (QED) is 0.744. The summed E-state index contributed by atoms with van der Waals surface area (Å²) in [5.41, 5.74) is 2.25. The molecule has 0 atom stereocenters. The third-order valence-corrected chi connectivity index (χ3v) is 5.29. The summed E-state index contributed by atoms with van der Waals surface area (Å²) in [6.45, 7) is 5.80. The van der Waals surface area contributed by atoms with E-state index in [-0.39, 0.29) is 24.3 Å². The Labute approximate surface area is 167 Å². The van der Waals surface area contributed by atoms with Gasteiger partial charge in [0.05, 0.1) is 12.1 Å². The maximum Gasteiger partial charge on any atom is 0.323 e. The molecule has 1 aliphatic rings. The van der Waals surface area contributed by atoms with E-state index in [2.05, 4.69) is 15.6 Å². The average Bonchev–Trinajstić information content (AvgIpc) is 3.28. The van der Waals surface area contributed by atoms with E-state index in [0.29, 0.717) is 42.7 Å². The molecule has 0 radical (unpaired) electrons. The van der Waals surface area contributed by atoms with E-state index < -0.39 is 0 Å². The third kappa shape index (κ3) is 4.86. The molecule has 1 saturated heterocycles. The van der Waals surface area contributed by atoms with Crippen LogP contribution in [0.25, 0.3) is 0 Å². The summed E-state index contributed by atoms with van der Waals surface area (Å²) in [6.07, 6.45) is 0.130. The fraction of sp³-hybridized carbons (Fsp3) is 0.368. The molecule has 1 aromatic carbocycles. The lowest BCUT2D eigenvalue weighted by Crippen LogP contribution is -2.27. The van der Waals surface area contributed by atoms with Crippen LogP contribution in [0.5, 0.6) is 0 Å². The summed E-state index contributed by atoms with van der Waals surface area (Å²) < 4.78 is 0. The number of aromatic nitrogens is 1. The van der Waals surface area contributed by atoms with Gasteiger partial charge in [-0.1, -0.05) is 12.1 Å². The highest BCUT2D eigenvalue weighted by Crippen LogP contribution is 2.22. The minimum absolute atomic E-state index is 0.0166. The summed E-state index contributed by atoms with van der Waals surface area (Å²) in [7, 11) is 0. The summed E-state index contributed by atoms with van der Waals surface area (Å²) in [5.74, 6) is -0.165. The molecule has 28 heavy (non-hydrogen) atoms. The molecule has 0 spiro atoms. The Morgan fingerprint density at radius 2 is 2.21 bits per heavy atom. The minimum Gasteiger partial charge on any atom is -0.339 e. The molecule has 0 unspecified atom stereocenters. The number of anilines is 2. The van der Waals surface area contributed by atoms with Gasteiger partial charge in [-0.3, -0.25) is 14.5 Å². The first-order valence-electron chi connectivity index (χ1n) is 9.10. The number of rotatable bonds is 7. The average molecular weight is 401 g/mol. The maximum atomic E-state index is 12.4. The van der Waals surface area contributed by atoms with Crippen molar-refractivity contribution in [3.8, 4) is 0 Å². The van der Waals surface area contributed by atoms with Crippen molar-refractivity contribution in [1.29, 1.82) is 0 Å². The number of carbonyl (C=O) groups is 3. The van der Waals surface area contributed by atoms with Gasteiger partial charge in [0.1, 0.15) is 0 Å². The van der Waals surface area contributed by atoms with Gasteiger partial charge in [0.15, 0.2) is 5.13 Å². The van der Waals surface area contributed by atoms with Crippen molar-refractivity contribution in [3.05, 3.63) is 40.9 Å². The maximum absolute atomic E-state index is 12.4. The van der Waals surface area contributed by atoms with Gasteiger partial charge in [-0.15, -0.1) is 11.3 Å². The lowest BCUT2D eigenvalue weighted by molar-refractivity contribution is -0.129. The van der Waals surface area contributed by atoms with Crippen molar-refractivity contribution in [2.75, 3.05) is 29.9 Å². The zero-order valence-corrected chi connectivity index (χ0v) is 16.7. The minimum atomic E-state index is -0.182. The standard InChI is InChI=1S/C19H23N5O3S/c1-3-23(13(2)25)11-14-5-4-6-15(9-14)21-17(26)10-16-12-28-19(22-16)24-8-7-20-18(24)27/h4-6,9,12H,3,7-8,10-11H2,1-2H3,(H,20,27)(H,21,26). The van der Waals surface area contributed by atoms with Crippen LogP contribution in [0.4, 0.5) is 15.6 Å². The van der Waals surface area contributed by atoms with Gasteiger partial charge < -0.3 is 15.5 Å². The molecule has 2 heterocycles. The Bertz CT molecular complexity index is 882. The van der Waals surface area contributed by atoms with E-state index >= 15 is 0 Å². The van der Waals surface area contributed by atoms with Crippen LogP contribution in [-0.4, -0.2) is 47.4 Å². The van der Waals surface area contributed by atoms with Gasteiger partial charge in [0.2, 0.25) is 11.8 Å². The molecular weight excluding hydrogens is 378 g/mol. The molecular formula is C19H23N5O3S. The predicted molar refractivity (Wildman–Crippen MR) is 108 cm³/mol. The summed E-state index contributed by atoms with van der Waals surface area (Å²) in [4.78, 5) is 43.3. The number of amides is 4. The van der Waals surface area contributed by atoms with Crippen molar-refractivity contribution in [2.45, 2.75) is 26.8 Å². The van der Waals surface area contributed by atoms with Gasteiger partial charge in [0.25, 0.3) is 0 Å². The number of carbonyl (C=O) groups excluding carboxylic acids is 3. The second kappa shape index (κ2) is 8.83. The molecule has 1 fully saturated rings. The second-order valence-electron chi connectivity index (χ2n) is 6.46. The molecule has 148 valence electrons. The molecule has 0 bridgehead atoms. The summed E-state index contributed by atoms with van der Waals surface area (Å²) in [5, 5.41) is 7.99. The molecule has 2 aromatic rings. The first kappa shape index (κ1) is 19.8. The van der Waals surface area contributed by atoms with E-state index in [4.69, 9.17) is 0 Å². The lowest BCUT2D eigenvalue weighted by Gasteiger charge is -2.19. The van der Waals surface area contributed by atoms with Crippen LogP contribution in [0.1, 0.15) is 25.1 Å². The Morgan fingerprint density at radius 1 is 1.39 bits per heavy atom. The Balaban J connectivity index is 1.59. The van der Waals surface area contributed by atoms with Gasteiger partial charge >= 0.3 is 6.03 Å². The van der Waals surface area contributed by atoms with Crippen LogP contribution in [0.2, 0.25) is 0 Å². The number of hydrogen-bond acceptors (Lipinski definition) is 5. The number of thiazole rings is 1. The van der Waals surface area contributed by atoms with Crippen molar-refractivity contribution in [1.82, 2.24) is 15.2 Å². The number of benzene rings is 1. The largest absolute Gasteiger partial charge is 0.339 e. The summed E-state index contributed by atoms with van der Waals surface area (Å²) in [6, 6.07) is 7.30. The van der Waals surface area contributed by atoms with Gasteiger partial charge in [-0.2, -0.15) is 0 Å². The zero-order chi connectivity index (χ0) is 20.1. The highest BCUT2D eigenvalue weighted by atomic mass is 32.1.